The van der Waals surface area contributed by atoms with Crippen LogP contribution in [0.25, 0.3) is 0 Å². The van der Waals surface area contributed by atoms with E-state index < -0.39 is 0 Å². The Bertz CT molecular complexity index is 431. The lowest BCUT2D eigenvalue weighted by Gasteiger charge is -2.23. The highest BCUT2D eigenvalue weighted by Crippen LogP contribution is 2.30. The van der Waals surface area contributed by atoms with Crippen molar-refractivity contribution in [1.82, 2.24) is 0 Å². The van der Waals surface area contributed by atoms with Crippen molar-refractivity contribution in [2.45, 2.75) is 44.6 Å². The standard InChI is InChI=1S/C16H22N2O/c1-19-16-11-7-6-10-14(16)18-15(12-17)13-8-4-2-3-5-9-13/h6-7,10-11,13,15,18H,2-5,8-9H2,1H3. The second-order valence-corrected chi connectivity index (χ2v) is 5.20. The van der Waals surface area contributed by atoms with Crippen molar-refractivity contribution in [2.24, 2.45) is 5.92 Å². The third-order valence-electron chi connectivity index (χ3n) is 3.93. The van der Waals surface area contributed by atoms with E-state index in [1.807, 2.05) is 24.3 Å². The molecule has 3 nitrogen and oxygen atoms in total. The minimum absolute atomic E-state index is 0.116. The summed E-state index contributed by atoms with van der Waals surface area (Å²) in [6.45, 7) is 0. The van der Waals surface area contributed by atoms with Gasteiger partial charge in [0.1, 0.15) is 11.8 Å². The Morgan fingerprint density at radius 1 is 1.21 bits per heavy atom. The average molecular weight is 258 g/mol. The Hall–Kier alpha value is -1.69. The first-order valence-corrected chi connectivity index (χ1v) is 7.14. The van der Waals surface area contributed by atoms with Crippen molar-refractivity contribution in [1.29, 1.82) is 5.26 Å². The molecule has 0 saturated heterocycles. The fourth-order valence-electron chi connectivity index (χ4n) is 2.83. The van der Waals surface area contributed by atoms with Crippen LogP contribution in [0.3, 0.4) is 0 Å². The molecule has 102 valence electrons. The van der Waals surface area contributed by atoms with Crippen LogP contribution in [0.5, 0.6) is 5.75 Å². The average Bonchev–Trinajstić information content (AvgIpc) is 2.74. The van der Waals surface area contributed by atoms with Crippen molar-refractivity contribution in [2.75, 3.05) is 12.4 Å². The maximum Gasteiger partial charge on any atom is 0.141 e. The van der Waals surface area contributed by atoms with Gasteiger partial charge in [-0.3, -0.25) is 0 Å². The van der Waals surface area contributed by atoms with Gasteiger partial charge in [0.25, 0.3) is 0 Å². The molecule has 0 aliphatic heterocycles. The van der Waals surface area contributed by atoms with Crippen molar-refractivity contribution >= 4 is 5.69 Å². The molecule has 1 atom stereocenters. The number of anilines is 1. The number of nitrogens with one attached hydrogen (secondary N) is 1. The molecule has 3 heteroatoms. The molecular formula is C16H22N2O. The van der Waals surface area contributed by atoms with Crippen LogP contribution in [-0.2, 0) is 0 Å². The highest BCUT2D eigenvalue weighted by atomic mass is 16.5. The lowest BCUT2D eigenvalue weighted by Crippen LogP contribution is -2.27. The van der Waals surface area contributed by atoms with Crippen molar-refractivity contribution in [3.8, 4) is 11.8 Å². The second kappa shape index (κ2) is 7.04. The van der Waals surface area contributed by atoms with Crippen LogP contribution in [-0.4, -0.2) is 13.2 Å². The number of ether oxygens (including phenoxy) is 1. The maximum absolute atomic E-state index is 9.44. The summed E-state index contributed by atoms with van der Waals surface area (Å²) in [7, 11) is 1.66. The van der Waals surface area contributed by atoms with E-state index >= 15 is 0 Å². The zero-order chi connectivity index (χ0) is 13.5. The Morgan fingerprint density at radius 2 is 1.89 bits per heavy atom. The van der Waals surface area contributed by atoms with E-state index in [1.54, 1.807) is 7.11 Å². The summed E-state index contributed by atoms with van der Waals surface area (Å²) >= 11 is 0. The van der Waals surface area contributed by atoms with Gasteiger partial charge in [0.05, 0.1) is 18.9 Å². The lowest BCUT2D eigenvalue weighted by atomic mass is 9.92. The van der Waals surface area contributed by atoms with Crippen molar-refractivity contribution in [3.05, 3.63) is 24.3 Å². The predicted octanol–water partition coefficient (Wildman–Crippen LogP) is 3.97. The number of nitriles is 1. The van der Waals surface area contributed by atoms with E-state index in [2.05, 4.69) is 11.4 Å². The smallest absolute Gasteiger partial charge is 0.141 e. The maximum atomic E-state index is 9.44. The second-order valence-electron chi connectivity index (χ2n) is 5.20. The number of hydrogen-bond donors (Lipinski definition) is 1. The Balaban J connectivity index is 2.07. The molecule has 1 N–H and O–H groups in total. The van der Waals surface area contributed by atoms with E-state index in [4.69, 9.17) is 4.74 Å². The van der Waals surface area contributed by atoms with E-state index in [0.29, 0.717) is 5.92 Å². The van der Waals surface area contributed by atoms with Gasteiger partial charge in [-0.2, -0.15) is 5.26 Å². The quantitative estimate of drug-likeness (QED) is 0.831. The number of nitrogens with zero attached hydrogens (tertiary/aromatic N) is 1. The van der Waals surface area contributed by atoms with Gasteiger partial charge in [0, 0.05) is 0 Å². The fourth-order valence-corrected chi connectivity index (χ4v) is 2.83. The molecule has 0 amide bonds. The van der Waals surface area contributed by atoms with E-state index in [-0.39, 0.29) is 6.04 Å². The van der Waals surface area contributed by atoms with Gasteiger partial charge in [-0.15, -0.1) is 0 Å². The van der Waals surface area contributed by atoms with Crippen LogP contribution in [0.15, 0.2) is 24.3 Å². The van der Waals surface area contributed by atoms with Gasteiger partial charge in [-0.1, -0.05) is 37.8 Å². The molecule has 0 heterocycles. The summed E-state index contributed by atoms with van der Waals surface area (Å²) in [6, 6.07) is 10.1. The molecule has 1 aliphatic rings. The Kier molecular flexibility index (Phi) is 5.09. The van der Waals surface area contributed by atoms with Gasteiger partial charge < -0.3 is 10.1 Å². The molecule has 19 heavy (non-hydrogen) atoms. The van der Waals surface area contributed by atoms with Crippen molar-refractivity contribution in [3.63, 3.8) is 0 Å². The number of methoxy groups -OCH3 is 1. The topological polar surface area (TPSA) is 45.0 Å². The van der Waals surface area contributed by atoms with Gasteiger partial charge in [0.2, 0.25) is 0 Å². The third-order valence-corrected chi connectivity index (χ3v) is 3.93. The normalized spacial score (nSPS) is 18.1. The zero-order valence-corrected chi connectivity index (χ0v) is 11.6. The van der Waals surface area contributed by atoms with Crippen LogP contribution >= 0.6 is 0 Å². The minimum Gasteiger partial charge on any atom is -0.495 e. The lowest BCUT2D eigenvalue weighted by molar-refractivity contribution is 0.411. The summed E-state index contributed by atoms with van der Waals surface area (Å²) in [5.41, 5.74) is 0.917. The molecule has 1 aromatic rings. The van der Waals surface area contributed by atoms with Crippen molar-refractivity contribution < 1.29 is 4.74 Å². The first-order valence-electron chi connectivity index (χ1n) is 7.14. The molecule has 1 aromatic carbocycles. The third kappa shape index (κ3) is 3.64. The Labute approximate surface area is 115 Å². The number of hydrogen-bond acceptors (Lipinski definition) is 3. The van der Waals surface area contributed by atoms with Crippen LogP contribution in [0, 0.1) is 17.2 Å². The molecule has 1 fully saturated rings. The summed E-state index contributed by atoms with van der Waals surface area (Å²) in [6.07, 6.45) is 7.42. The Morgan fingerprint density at radius 3 is 2.53 bits per heavy atom. The van der Waals surface area contributed by atoms with Crippen LogP contribution in [0.2, 0.25) is 0 Å². The number of benzene rings is 1. The molecule has 1 unspecified atom stereocenters. The molecule has 0 spiro atoms. The summed E-state index contributed by atoms with van der Waals surface area (Å²) in [4.78, 5) is 0. The number of rotatable bonds is 4. The van der Waals surface area contributed by atoms with Gasteiger partial charge in [-0.25, -0.2) is 0 Å². The van der Waals surface area contributed by atoms with Crippen LogP contribution < -0.4 is 10.1 Å². The highest BCUT2D eigenvalue weighted by Gasteiger charge is 2.23. The molecule has 0 bridgehead atoms. The molecular weight excluding hydrogens is 236 g/mol. The summed E-state index contributed by atoms with van der Waals surface area (Å²) in [5.74, 6) is 1.26. The first kappa shape index (κ1) is 13.7. The monoisotopic (exact) mass is 258 g/mol. The first-order chi connectivity index (χ1) is 9.35. The van der Waals surface area contributed by atoms with E-state index in [9.17, 15) is 5.26 Å². The molecule has 0 aromatic heterocycles. The van der Waals surface area contributed by atoms with Crippen LogP contribution in [0.4, 0.5) is 5.69 Å². The molecule has 1 saturated carbocycles. The largest absolute Gasteiger partial charge is 0.495 e. The van der Waals surface area contributed by atoms with Crippen LogP contribution in [0.1, 0.15) is 38.5 Å². The fraction of sp³-hybridized carbons (Fsp3) is 0.562. The van der Waals surface area contributed by atoms with Gasteiger partial charge in [0.15, 0.2) is 0 Å². The highest BCUT2D eigenvalue weighted by molar-refractivity contribution is 5.57. The van der Waals surface area contributed by atoms with E-state index in [0.717, 1.165) is 24.3 Å². The molecule has 0 radical (unpaired) electrons. The molecule has 1 aliphatic carbocycles. The molecule has 2 rings (SSSR count). The van der Waals surface area contributed by atoms with E-state index in [1.165, 1.54) is 25.7 Å². The summed E-state index contributed by atoms with van der Waals surface area (Å²) in [5, 5.41) is 12.8. The number of para-hydroxylation sites is 2. The van der Waals surface area contributed by atoms with Gasteiger partial charge >= 0.3 is 0 Å². The zero-order valence-electron chi connectivity index (χ0n) is 11.6. The SMILES string of the molecule is COc1ccccc1NC(C#N)C1CCCCCC1. The predicted molar refractivity (Wildman–Crippen MR) is 77.2 cm³/mol. The van der Waals surface area contributed by atoms with Gasteiger partial charge in [-0.05, 0) is 30.9 Å². The summed E-state index contributed by atoms with van der Waals surface area (Å²) < 4.78 is 5.33. The minimum atomic E-state index is -0.116.